The third-order valence-electron chi connectivity index (χ3n) is 2.28. The fourth-order valence-corrected chi connectivity index (χ4v) is 2.26. The van der Waals surface area contributed by atoms with E-state index in [2.05, 4.69) is 23.8 Å². The van der Waals surface area contributed by atoms with Crippen LogP contribution in [0.5, 0.6) is 0 Å². The summed E-state index contributed by atoms with van der Waals surface area (Å²) in [6, 6.07) is 0.775. The highest BCUT2D eigenvalue weighted by Crippen LogP contribution is 2.19. The molecule has 0 heterocycles. The minimum atomic E-state index is 0.498. The molecule has 1 rings (SSSR count). The highest BCUT2D eigenvalue weighted by atomic mass is 31.1. The molecule has 1 saturated carbocycles. The van der Waals surface area contributed by atoms with E-state index >= 15 is 0 Å². The first-order valence-electron chi connectivity index (χ1n) is 4.56. The van der Waals surface area contributed by atoms with Gasteiger partial charge in [0.1, 0.15) is 0 Å². The lowest BCUT2D eigenvalue weighted by atomic mass is 10.1. The normalized spacial score (nSPS) is 22.1. The molecule has 3 heteroatoms. The summed E-state index contributed by atoms with van der Waals surface area (Å²) in [7, 11) is 5.55. The molecule has 0 radical (unpaired) electrons. The Morgan fingerprint density at radius 3 is 2.00 bits per heavy atom. The molecule has 0 aromatic heterocycles. The van der Waals surface area contributed by atoms with E-state index in [1.165, 1.54) is 38.5 Å². The van der Waals surface area contributed by atoms with Crippen LogP contribution in [0.15, 0.2) is 0 Å². The average Bonchev–Trinajstić information content (AvgIpc) is 2.14. The molecular weight excluding hydrogens is 172 g/mol. The zero-order valence-corrected chi connectivity index (χ0v) is 9.36. The summed E-state index contributed by atoms with van der Waals surface area (Å²) in [5.41, 5.74) is 0.498. The molecule has 0 aromatic rings. The minimum absolute atomic E-state index is 0.498. The highest BCUT2D eigenvalue weighted by Gasteiger charge is 2.11. The van der Waals surface area contributed by atoms with E-state index in [0.29, 0.717) is 5.52 Å². The second-order valence-electron chi connectivity index (χ2n) is 3.38. The molecule has 0 spiro atoms. The molecule has 1 aliphatic rings. The van der Waals surface area contributed by atoms with Crippen LogP contribution in [0.2, 0.25) is 0 Å². The maximum Gasteiger partial charge on any atom is 0.0354 e. The standard InChI is InChI=1S/C8H19NP2/c10-8(11)9-7-5-3-1-2-4-6-7/h7-9H,1-6,10-11H2. The predicted octanol–water partition coefficient (Wildman–Crippen LogP) is 2.33. The number of hydrogen-bond donors (Lipinski definition) is 1. The predicted molar refractivity (Wildman–Crippen MR) is 57.8 cm³/mol. The van der Waals surface area contributed by atoms with Crippen LogP contribution in [-0.4, -0.2) is 11.6 Å². The Morgan fingerprint density at radius 2 is 1.55 bits per heavy atom. The van der Waals surface area contributed by atoms with Gasteiger partial charge in [-0.05, 0) is 12.8 Å². The van der Waals surface area contributed by atoms with Gasteiger partial charge in [-0.25, -0.2) is 0 Å². The molecule has 0 saturated heterocycles. The van der Waals surface area contributed by atoms with E-state index in [1.54, 1.807) is 0 Å². The molecule has 0 aliphatic heterocycles. The van der Waals surface area contributed by atoms with Crippen molar-refractivity contribution in [1.82, 2.24) is 5.32 Å². The SMILES string of the molecule is PC(P)NC1CCCCCC1. The van der Waals surface area contributed by atoms with Gasteiger partial charge in [0.05, 0.1) is 0 Å². The smallest absolute Gasteiger partial charge is 0.0354 e. The van der Waals surface area contributed by atoms with Gasteiger partial charge in [-0.1, -0.05) is 25.7 Å². The van der Waals surface area contributed by atoms with E-state index in [9.17, 15) is 0 Å². The second kappa shape index (κ2) is 5.46. The minimum Gasteiger partial charge on any atom is -0.305 e. The van der Waals surface area contributed by atoms with Gasteiger partial charge in [0.2, 0.25) is 0 Å². The van der Waals surface area contributed by atoms with Crippen molar-refractivity contribution in [2.24, 2.45) is 0 Å². The summed E-state index contributed by atoms with van der Waals surface area (Å²) in [6.45, 7) is 0. The lowest BCUT2D eigenvalue weighted by Gasteiger charge is -2.18. The zero-order chi connectivity index (χ0) is 8.10. The van der Waals surface area contributed by atoms with Gasteiger partial charge >= 0.3 is 0 Å². The summed E-state index contributed by atoms with van der Waals surface area (Å²) in [5.74, 6) is 0. The van der Waals surface area contributed by atoms with Gasteiger partial charge < -0.3 is 5.32 Å². The lowest BCUT2D eigenvalue weighted by Crippen LogP contribution is -2.30. The fraction of sp³-hybridized carbons (Fsp3) is 1.00. The zero-order valence-electron chi connectivity index (χ0n) is 7.05. The van der Waals surface area contributed by atoms with Crippen molar-refractivity contribution in [3.63, 3.8) is 0 Å². The Kier molecular flexibility index (Phi) is 4.92. The molecule has 1 nitrogen and oxygen atoms in total. The molecule has 0 amide bonds. The third kappa shape index (κ3) is 4.41. The van der Waals surface area contributed by atoms with E-state index in [-0.39, 0.29) is 0 Å². The van der Waals surface area contributed by atoms with Crippen molar-refractivity contribution in [3.8, 4) is 0 Å². The van der Waals surface area contributed by atoms with Crippen molar-refractivity contribution in [3.05, 3.63) is 0 Å². The first-order valence-corrected chi connectivity index (χ1v) is 5.89. The Hall–Kier alpha value is 0.820. The molecule has 11 heavy (non-hydrogen) atoms. The lowest BCUT2D eigenvalue weighted by molar-refractivity contribution is 0.483. The molecule has 1 N–H and O–H groups in total. The van der Waals surface area contributed by atoms with Gasteiger partial charge in [-0.3, -0.25) is 0 Å². The van der Waals surface area contributed by atoms with Crippen LogP contribution < -0.4 is 5.32 Å². The number of hydrogen-bond acceptors (Lipinski definition) is 1. The largest absolute Gasteiger partial charge is 0.305 e. The molecule has 2 unspecified atom stereocenters. The first-order chi connectivity index (χ1) is 5.29. The van der Waals surface area contributed by atoms with Crippen molar-refractivity contribution in [2.75, 3.05) is 0 Å². The molecular formula is C8H19NP2. The van der Waals surface area contributed by atoms with Crippen molar-refractivity contribution >= 4 is 18.5 Å². The van der Waals surface area contributed by atoms with Gasteiger partial charge in [0.15, 0.2) is 0 Å². The van der Waals surface area contributed by atoms with Crippen LogP contribution in [-0.2, 0) is 0 Å². The van der Waals surface area contributed by atoms with Crippen molar-refractivity contribution in [1.29, 1.82) is 0 Å². The Bertz CT molecular complexity index is 98.3. The topological polar surface area (TPSA) is 12.0 Å². The van der Waals surface area contributed by atoms with E-state index in [0.717, 1.165) is 6.04 Å². The van der Waals surface area contributed by atoms with Crippen LogP contribution in [0.3, 0.4) is 0 Å². The number of rotatable bonds is 2. The van der Waals surface area contributed by atoms with Gasteiger partial charge in [-0.2, -0.15) is 0 Å². The third-order valence-corrected chi connectivity index (χ3v) is 2.67. The molecule has 1 fully saturated rings. The van der Waals surface area contributed by atoms with Gasteiger partial charge in [0, 0.05) is 11.6 Å². The summed E-state index contributed by atoms with van der Waals surface area (Å²) < 4.78 is 0. The molecule has 1 aliphatic carbocycles. The summed E-state index contributed by atoms with van der Waals surface area (Å²) >= 11 is 0. The molecule has 66 valence electrons. The molecule has 0 bridgehead atoms. The van der Waals surface area contributed by atoms with E-state index in [4.69, 9.17) is 0 Å². The maximum atomic E-state index is 3.55. The van der Waals surface area contributed by atoms with E-state index in [1.807, 2.05) is 0 Å². The quantitative estimate of drug-likeness (QED) is 0.521. The monoisotopic (exact) mass is 191 g/mol. The summed E-state index contributed by atoms with van der Waals surface area (Å²) in [5, 5.41) is 3.55. The van der Waals surface area contributed by atoms with Crippen LogP contribution in [0.25, 0.3) is 0 Å². The van der Waals surface area contributed by atoms with Gasteiger partial charge in [0.25, 0.3) is 0 Å². The second-order valence-corrected chi connectivity index (χ2v) is 5.59. The first kappa shape index (κ1) is 9.90. The maximum absolute atomic E-state index is 3.55. The van der Waals surface area contributed by atoms with Crippen LogP contribution in [0.4, 0.5) is 0 Å². The van der Waals surface area contributed by atoms with Crippen LogP contribution >= 0.6 is 18.5 Å². The summed E-state index contributed by atoms with van der Waals surface area (Å²) in [6.07, 6.45) is 8.46. The Morgan fingerprint density at radius 1 is 1.00 bits per heavy atom. The van der Waals surface area contributed by atoms with E-state index < -0.39 is 0 Å². The van der Waals surface area contributed by atoms with Crippen molar-refractivity contribution < 1.29 is 0 Å². The van der Waals surface area contributed by atoms with Crippen molar-refractivity contribution in [2.45, 2.75) is 50.1 Å². The molecule has 2 atom stereocenters. The van der Waals surface area contributed by atoms with Crippen LogP contribution in [0.1, 0.15) is 38.5 Å². The highest BCUT2D eigenvalue weighted by molar-refractivity contribution is 7.37. The Balaban J connectivity index is 2.20. The number of nitrogens with one attached hydrogen (secondary N) is 1. The average molecular weight is 191 g/mol. The van der Waals surface area contributed by atoms with Crippen LogP contribution in [0, 0.1) is 0 Å². The molecule has 0 aromatic carbocycles. The fourth-order valence-electron chi connectivity index (χ4n) is 1.72. The Labute approximate surface area is 74.5 Å². The summed E-state index contributed by atoms with van der Waals surface area (Å²) in [4.78, 5) is 0. The van der Waals surface area contributed by atoms with Gasteiger partial charge in [-0.15, -0.1) is 18.5 Å².